The van der Waals surface area contributed by atoms with Crippen molar-refractivity contribution in [2.45, 2.75) is 26.4 Å². The number of hydrogen-bond acceptors (Lipinski definition) is 6. The zero-order valence-corrected chi connectivity index (χ0v) is 12.3. The quantitative estimate of drug-likeness (QED) is 0.711. The van der Waals surface area contributed by atoms with Crippen LogP contribution in [-0.4, -0.2) is 28.6 Å². The van der Waals surface area contributed by atoms with Crippen LogP contribution in [0, 0.1) is 13.8 Å². The third kappa shape index (κ3) is 3.95. The second kappa shape index (κ2) is 6.90. The van der Waals surface area contributed by atoms with Crippen LogP contribution in [-0.2, 0) is 9.59 Å². The maximum atomic E-state index is 11.6. The van der Waals surface area contributed by atoms with Gasteiger partial charge in [0.25, 0.3) is 0 Å². The molecule has 118 valence electrons. The molecule has 2 rings (SSSR count). The molecule has 1 atom stereocenters. The highest BCUT2D eigenvalue weighted by Gasteiger charge is 2.17. The van der Waals surface area contributed by atoms with E-state index < -0.39 is 17.9 Å². The predicted molar refractivity (Wildman–Crippen MR) is 75.9 cm³/mol. The number of aromatic nitrogens is 1. The maximum absolute atomic E-state index is 11.6. The molecule has 0 fully saturated rings. The van der Waals surface area contributed by atoms with Gasteiger partial charge in [-0.1, -0.05) is 5.16 Å². The van der Waals surface area contributed by atoms with Crippen LogP contribution in [0.1, 0.15) is 29.6 Å². The third-order valence-corrected chi connectivity index (χ3v) is 3.03. The molecular weight excluding hydrogens is 290 g/mol. The highest BCUT2D eigenvalue weighted by molar-refractivity contribution is 6.39. The molecule has 0 radical (unpaired) electrons. The first-order chi connectivity index (χ1) is 10.5. The number of hydrogen-bond donors (Lipinski definition) is 3. The normalized spacial score (nSPS) is 12.0. The molecule has 2 aromatic heterocycles. The molecule has 0 aliphatic rings. The Morgan fingerprint density at radius 1 is 1.36 bits per heavy atom. The molecule has 1 unspecified atom stereocenters. The molecule has 0 aliphatic carbocycles. The topological polar surface area (TPSA) is 118 Å². The monoisotopic (exact) mass is 307 g/mol. The minimum atomic E-state index is -0.848. The van der Waals surface area contributed by atoms with Crippen LogP contribution in [0.15, 0.2) is 27.3 Å². The molecule has 8 heteroatoms. The van der Waals surface area contributed by atoms with Crippen LogP contribution in [0.5, 0.6) is 0 Å². The van der Waals surface area contributed by atoms with E-state index in [1.807, 2.05) is 0 Å². The minimum Gasteiger partial charge on any atom is -0.466 e. The standard InChI is InChI=1S/C14H17N3O5/c1-8-7-10(9(2)22-8)11(18)3-5-15-13(19)14(20)16-12-4-6-21-17-12/h4,6-7,11,18H,3,5H2,1-2H3,(H,15,19)(H,16,17,20). The number of aryl methyl sites for hydroxylation is 2. The number of amides is 2. The number of rotatable bonds is 5. The summed E-state index contributed by atoms with van der Waals surface area (Å²) >= 11 is 0. The molecular formula is C14H17N3O5. The van der Waals surface area contributed by atoms with Gasteiger partial charge in [0.1, 0.15) is 17.8 Å². The zero-order chi connectivity index (χ0) is 16.1. The van der Waals surface area contributed by atoms with Crippen LogP contribution in [0.4, 0.5) is 5.82 Å². The SMILES string of the molecule is Cc1cc(C(O)CCNC(=O)C(=O)Nc2ccon2)c(C)o1. The summed E-state index contributed by atoms with van der Waals surface area (Å²) < 4.78 is 9.86. The van der Waals surface area contributed by atoms with Gasteiger partial charge in [0.2, 0.25) is 0 Å². The van der Waals surface area contributed by atoms with Gasteiger partial charge in [-0.15, -0.1) is 0 Å². The predicted octanol–water partition coefficient (Wildman–Crippen LogP) is 1.06. The van der Waals surface area contributed by atoms with E-state index in [1.165, 1.54) is 12.3 Å². The van der Waals surface area contributed by atoms with Gasteiger partial charge < -0.3 is 19.4 Å². The van der Waals surface area contributed by atoms with Gasteiger partial charge in [0.15, 0.2) is 5.82 Å². The van der Waals surface area contributed by atoms with Crippen LogP contribution in [0.25, 0.3) is 0 Å². The lowest BCUT2D eigenvalue weighted by molar-refractivity contribution is -0.136. The summed E-state index contributed by atoms with van der Waals surface area (Å²) in [6, 6.07) is 3.16. The molecule has 2 heterocycles. The van der Waals surface area contributed by atoms with Gasteiger partial charge in [-0.2, -0.15) is 0 Å². The lowest BCUT2D eigenvalue weighted by atomic mass is 10.1. The summed E-state index contributed by atoms with van der Waals surface area (Å²) in [6.07, 6.45) is 0.776. The lowest BCUT2D eigenvalue weighted by Crippen LogP contribution is -2.36. The molecule has 0 bridgehead atoms. The molecule has 0 saturated carbocycles. The van der Waals surface area contributed by atoms with Gasteiger partial charge in [-0.05, 0) is 26.3 Å². The minimum absolute atomic E-state index is 0.149. The number of aliphatic hydroxyl groups is 1. The number of nitrogens with one attached hydrogen (secondary N) is 2. The van der Waals surface area contributed by atoms with E-state index in [-0.39, 0.29) is 18.8 Å². The van der Waals surface area contributed by atoms with Crippen LogP contribution < -0.4 is 10.6 Å². The summed E-state index contributed by atoms with van der Waals surface area (Å²) in [5.41, 5.74) is 0.679. The lowest BCUT2D eigenvalue weighted by Gasteiger charge is -2.10. The maximum Gasteiger partial charge on any atom is 0.314 e. The number of nitrogens with zero attached hydrogens (tertiary/aromatic N) is 1. The molecule has 3 N–H and O–H groups in total. The van der Waals surface area contributed by atoms with Crippen molar-refractivity contribution in [3.63, 3.8) is 0 Å². The average molecular weight is 307 g/mol. The Bertz CT molecular complexity index is 647. The number of furan rings is 1. The molecule has 0 aliphatic heterocycles. The van der Waals surface area contributed by atoms with Gasteiger partial charge in [-0.3, -0.25) is 14.9 Å². The zero-order valence-electron chi connectivity index (χ0n) is 12.3. The van der Waals surface area contributed by atoms with Crippen LogP contribution >= 0.6 is 0 Å². The highest BCUT2D eigenvalue weighted by atomic mass is 16.5. The van der Waals surface area contributed by atoms with Crippen molar-refractivity contribution in [3.05, 3.63) is 35.5 Å². The number of carbonyl (C=O) groups is 2. The van der Waals surface area contributed by atoms with Crippen LogP contribution in [0.3, 0.4) is 0 Å². The van der Waals surface area contributed by atoms with Crippen molar-refractivity contribution in [1.82, 2.24) is 10.5 Å². The highest BCUT2D eigenvalue weighted by Crippen LogP contribution is 2.23. The molecule has 0 aromatic carbocycles. The van der Waals surface area contributed by atoms with Crippen molar-refractivity contribution in [2.75, 3.05) is 11.9 Å². The Kier molecular flexibility index (Phi) is 4.95. The van der Waals surface area contributed by atoms with E-state index in [9.17, 15) is 14.7 Å². The van der Waals surface area contributed by atoms with E-state index in [4.69, 9.17) is 4.42 Å². The largest absolute Gasteiger partial charge is 0.466 e. The number of anilines is 1. The second-order valence-corrected chi connectivity index (χ2v) is 4.77. The Hall–Kier alpha value is -2.61. The third-order valence-electron chi connectivity index (χ3n) is 3.03. The fourth-order valence-corrected chi connectivity index (χ4v) is 1.99. The van der Waals surface area contributed by atoms with Gasteiger partial charge in [0, 0.05) is 18.2 Å². The fourth-order valence-electron chi connectivity index (χ4n) is 1.99. The number of aliphatic hydroxyl groups excluding tert-OH is 1. The average Bonchev–Trinajstić information content (AvgIpc) is 3.08. The Balaban J connectivity index is 1.77. The van der Waals surface area contributed by atoms with E-state index in [1.54, 1.807) is 19.9 Å². The molecule has 8 nitrogen and oxygen atoms in total. The fraction of sp³-hybridized carbons (Fsp3) is 0.357. The van der Waals surface area contributed by atoms with Crippen LogP contribution in [0.2, 0.25) is 0 Å². The van der Waals surface area contributed by atoms with E-state index >= 15 is 0 Å². The summed E-state index contributed by atoms with van der Waals surface area (Å²) in [4.78, 5) is 23.1. The Morgan fingerprint density at radius 2 is 2.14 bits per heavy atom. The second-order valence-electron chi connectivity index (χ2n) is 4.77. The van der Waals surface area contributed by atoms with Crippen molar-refractivity contribution in [1.29, 1.82) is 0 Å². The Labute approximate surface area is 126 Å². The molecule has 2 amide bonds. The molecule has 0 spiro atoms. The van der Waals surface area contributed by atoms with E-state index in [0.29, 0.717) is 17.1 Å². The summed E-state index contributed by atoms with van der Waals surface area (Å²) in [7, 11) is 0. The molecule has 2 aromatic rings. The van der Waals surface area contributed by atoms with Gasteiger partial charge in [-0.25, -0.2) is 0 Å². The molecule has 22 heavy (non-hydrogen) atoms. The van der Waals surface area contributed by atoms with Gasteiger partial charge >= 0.3 is 11.8 Å². The smallest absolute Gasteiger partial charge is 0.314 e. The summed E-state index contributed by atoms with van der Waals surface area (Å²) in [6.45, 7) is 3.70. The summed E-state index contributed by atoms with van der Waals surface area (Å²) in [5.74, 6) is -0.151. The van der Waals surface area contributed by atoms with Crippen molar-refractivity contribution < 1.29 is 23.6 Å². The Morgan fingerprint density at radius 3 is 2.73 bits per heavy atom. The summed E-state index contributed by atoms with van der Waals surface area (Å²) in [5, 5.41) is 18.2. The van der Waals surface area contributed by atoms with Gasteiger partial charge in [0.05, 0.1) is 6.10 Å². The van der Waals surface area contributed by atoms with Crippen molar-refractivity contribution >= 4 is 17.6 Å². The van der Waals surface area contributed by atoms with Crippen molar-refractivity contribution in [3.8, 4) is 0 Å². The first kappa shape index (κ1) is 15.8. The number of carbonyl (C=O) groups excluding carboxylic acids is 2. The van der Waals surface area contributed by atoms with E-state index in [0.717, 1.165) is 0 Å². The first-order valence-electron chi connectivity index (χ1n) is 6.72. The first-order valence-corrected chi connectivity index (χ1v) is 6.72. The van der Waals surface area contributed by atoms with Crippen molar-refractivity contribution in [2.24, 2.45) is 0 Å². The van der Waals surface area contributed by atoms with E-state index in [2.05, 4.69) is 20.3 Å². The molecule has 0 saturated heterocycles.